The lowest BCUT2D eigenvalue weighted by molar-refractivity contribution is -0.118. The van der Waals surface area contributed by atoms with E-state index in [1.165, 1.54) is 0 Å². The fourth-order valence-electron chi connectivity index (χ4n) is 2.26. The zero-order valence-corrected chi connectivity index (χ0v) is 13.7. The van der Waals surface area contributed by atoms with Crippen molar-refractivity contribution in [2.45, 2.75) is 0 Å². The second kappa shape index (κ2) is 7.19. The van der Waals surface area contributed by atoms with E-state index in [-0.39, 0.29) is 12.5 Å². The van der Waals surface area contributed by atoms with Crippen molar-refractivity contribution in [1.29, 1.82) is 0 Å². The van der Waals surface area contributed by atoms with E-state index < -0.39 is 0 Å². The lowest BCUT2D eigenvalue weighted by Gasteiger charge is -2.10. The highest BCUT2D eigenvalue weighted by molar-refractivity contribution is 6.35. The quantitative estimate of drug-likeness (QED) is 0.763. The summed E-state index contributed by atoms with van der Waals surface area (Å²) in [6, 6.07) is 14.2. The summed E-state index contributed by atoms with van der Waals surface area (Å²) in [4.78, 5) is 16.4. The molecule has 0 saturated heterocycles. The van der Waals surface area contributed by atoms with Crippen molar-refractivity contribution in [3.8, 4) is 11.5 Å². The molecule has 0 aliphatic rings. The second-order valence-corrected chi connectivity index (χ2v) is 5.41. The number of benzene rings is 2. The molecule has 3 aromatic rings. The average Bonchev–Trinajstić information content (AvgIpc) is 2.61. The molecule has 0 saturated carbocycles. The molecule has 122 valence electrons. The zero-order chi connectivity index (χ0) is 16.9. The smallest absolute Gasteiger partial charge is 0.262 e. The lowest BCUT2D eigenvalue weighted by atomic mass is 10.2. The maximum Gasteiger partial charge on any atom is 0.262 e. The Bertz CT molecular complexity index is 866. The molecule has 0 unspecified atom stereocenters. The summed E-state index contributed by atoms with van der Waals surface area (Å²) >= 11 is 6.12. The Balaban J connectivity index is 1.67. The number of fused-ring (bicyclic) bond motifs is 1. The van der Waals surface area contributed by atoms with Gasteiger partial charge in [-0.05, 0) is 36.4 Å². The highest BCUT2D eigenvalue weighted by Gasteiger charge is 2.09. The molecule has 0 bridgehead atoms. The summed E-state index contributed by atoms with van der Waals surface area (Å²) in [5.41, 5.74) is 1.29. The number of aromatic nitrogens is 1. The van der Waals surface area contributed by atoms with Crippen LogP contribution in [0.3, 0.4) is 0 Å². The van der Waals surface area contributed by atoms with Crippen molar-refractivity contribution in [3.63, 3.8) is 0 Å². The molecule has 1 amide bonds. The molecule has 0 spiro atoms. The Labute approximate surface area is 144 Å². The van der Waals surface area contributed by atoms with Crippen molar-refractivity contribution >= 4 is 34.1 Å². The van der Waals surface area contributed by atoms with Crippen LogP contribution < -0.4 is 14.8 Å². The van der Waals surface area contributed by atoms with E-state index in [4.69, 9.17) is 21.1 Å². The van der Waals surface area contributed by atoms with Gasteiger partial charge in [-0.25, -0.2) is 0 Å². The normalized spacial score (nSPS) is 10.4. The van der Waals surface area contributed by atoms with Crippen LogP contribution in [0.4, 0.5) is 5.69 Å². The van der Waals surface area contributed by atoms with Gasteiger partial charge >= 0.3 is 0 Å². The van der Waals surface area contributed by atoms with Gasteiger partial charge in [0.05, 0.1) is 23.3 Å². The van der Waals surface area contributed by atoms with Gasteiger partial charge in [-0.1, -0.05) is 23.7 Å². The zero-order valence-electron chi connectivity index (χ0n) is 13.0. The number of nitrogens with one attached hydrogen (secondary N) is 1. The number of nitrogens with zero attached hydrogens (tertiary/aromatic N) is 1. The van der Waals surface area contributed by atoms with E-state index in [0.29, 0.717) is 22.0 Å². The number of methoxy groups -OCH3 is 1. The van der Waals surface area contributed by atoms with E-state index in [1.807, 2.05) is 12.1 Å². The molecule has 5 nitrogen and oxygen atoms in total. The van der Waals surface area contributed by atoms with Crippen LogP contribution in [0.2, 0.25) is 5.02 Å². The Morgan fingerprint density at radius 1 is 1.12 bits per heavy atom. The number of halogens is 1. The van der Waals surface area contributed by atoms with Crippen LogP contribution in [-0.2, 0) is 4.79 Å². The number of carbonyl (C=O) groups is 1. The van der Waals surface area contributed by atoms with Crippen LogP contribution in [0.1, 0.15) is 0 Å². The van der Waals surface area contributed by atoms with E-state index in [1.54, 1.807) is 49.7 Å². The molecule has 24 heavy (non-hydrogen) atoms. The molecule has 1 N–H and O–H groups in total. The van der Waals surface area contributed by atoms with Gasteiger partial charge < -0.3 is 14.8 Å². The third-order valence-corrected chi connectivity index (χ3v) is 3.73. The highest BCUT2D eigenvalue weighted by atomic mass is 35.5. The second-order valence-electron chi connectivity index (χ2n) is 5.01. The topological polar surface area (TPSA) is 60.5 Å². The molecule has 0 fully saturated rings. The Morgan fingerprint density at radius 3 is 2.62 bits per heavy atom. The van der Waals surface area contributed by atoms with E-state index in [9.17, 15) is 4.79 Å². The Hall–Kier alpha value is -2.79. The Morgan fingerprint density at radius 2 is 1.88 bits per heavy atom. The summed E-state index contributed by atoms with van der Waals surface area (Å²) in [6.45, 7) is -0.100. The minimum Gasteiger partial charge on any atom is -0.497 e. The van der Waals surface area contributed by atoms with Gasteiger partial charge in [0.25, 0.3) is 5.91 Å². The Kier molecular flexibility index (Phi) is 4.82. The predicted molar refractivity (Wildman–Crippen MR) is 93.9 cm³/mol. The standard InChI is InChI=1S/C18H15ClN2O3/c1-23-12-5-7-13(8-6-12)24-11-17(22)21-16-9-10-20-18-14(16)3-2-4-15(18)19/h2-10H,11H2,1H3,(H,20,21,22). The number of pyridine rings is 1. The van der Waals surface area contributed by atoms with Gasteiger partial charge in [0.15, 0.2) is 6.61 Å². The van der Waals surface area contributed by atoms with Gasteiger partial charge in [0.2, 0.25) is 0 Å². The highest BCUT2D eigenvalue weighted by Crippen LogP contribution is 2.27. The molecule has 6 heteroatoms. The molecule has 0 aliphatic heterocycles. The van der Waals surface area contributed by atoms with Crippen LogP contribution in [0.5, 0.6) is 11.5 Å². The summed E-state index contributed by atoms with van der Waals surface area (Å²) in [7, 11) is 1.59. The SMILES string of the molecule is COc1ccc(OCC(=O)Nc2ccnc3c(Cl)cccc23)cc1. The fourth-order valence-corrected chi connectivity index (χ4v) is 2.48. The summed E-state index contributed by atoms with van der Waals surface area (Å²) < 4.78 is 10.5. The van der Waals surface area contributed by atoms with Crippen molar-refractivity contribution in [2.75, 3.05) is 19.0 Å². The minimum absolute atomic E-state index is 0.100. The largest absolute Gasteiger partial charge is 0.497 e. The molecule has 1 heterocycles. The number of carbonyl (C=O) groups excluding carboxylic acids is 1. The van der Waals surface area contributed by atoms with Crippen LogP contribution in [-0.4, -0.2) is 24.6 Å². The van der Waals surface area contributed by atoms with E-state index >= 15 is 0 Å². The van der Waals surface area contributed by atoms with Crippen LogP contribution in [0.25, 0.3) is 10.9 Å². The number of amides is 1. The van der Waals surface area contributed by atoms with Crippen LogP contribution in [0.15, 0.2) is 54.7 Å². The number of para-hydroxylation sites is 1. The number of anilines is 1. The third-order valence-electron chi connectivity index (χ3n) is 3.43. The van der Waals surface area contributed by atoms with Gasteiger partial charge in [-0.2, -0.15) is 0 Å². The number of ether oxygens (including phenoxy) is 2. The monoisotopic (exact) mass is 342 g/mol. The molecule has 0 radical (unpaired) electrons. The summed E-state index contributed by atoms with van der Waals surface area (Å²) in [5, 5.41) is 4.14. The van der Waals surface area contributed by atoms with Crippen LogP contribution in [0, 0.1) is 0 Å². The first-order chi connectivity index (χ1) is 11.7. The number of rotatable bonds is 5. The molecule has 0 atom stereocenters. The molecule has 3 rings (SSSR count). The molecular formula is C18H15ClN2O3. The van der Waals surface area contributed by atoms with Crippen molar-refractivity contribution in [3.05, 3.63) is 59.8 Å². The molecular weight excluding hydrogens is 328 g/mol. The first-order valence-electron chi connectivity index (χ1n) is 7.27. The van der Waals surface area contributed by atoms with E-state index in [0.717, 1.165) is 11.1 Å². The number of hydrogen-bond acceptors (Lipinski definition) is 4. The third kappa shape index (κ3) is 3.58. The van der Waals surface area contributed by atoms with Gasteiger partial charge in [-0.15, -0.1) is 0 Å². The van der Waals surface area contributed by atoms with E-state index in [2.05, 4.69) is 10.3 Å². The van der Waals surface area contributed by atoms with Crippen LogP contribution >= 0.6 is 11.6 Å². The minimum atomic E-state index is -0.265. The maximum atomic E-state index is 12.1. The summed E-state index contributed by atoms with van der Waals surface area (Å²) in [6.07, 6.45) is 1.61. The average molecular weight is 343 g/mol. The first kappa shape index (κ1) is 16.1. The fraction of sp³-hybridized carbons (Fsp3) is 0.111. The first-order valence-corrected chi connectivity index (χ1v) is 7.65. The summed E-state index contributed by atoms with van der Waals surface area (Å²) in [5.74, 6) is 1.05. The van der Waals surface area contributed by atoms with Gasteiger partial charge in [0.1, 0.15) is 11.5 Å². The lowest BCUT2D eigenvalue weighted by Crippen LogP contribution is -2.20. The van der Waals surface area contributed by atoms with Gasteiger partial charge in [-0.3, -0.25) is 9.78 Å². The molecule has 1 aromatic heterocycles. The maximum absolute atomic E-state index is 12.1. The van der Waals surface area contributed by atoms with Gasteiger partial charge in [0, 0.05) is 11.6 Å². The predicted octanol–water partition coefficient (Wildman–Crippen LogP) is 3.91. The van der Waals surface area contributed by atoms with Crippen molar-refractivity contribution in [2.24, 2.45) is 0 Å². The molecule has 2 aromatic carbocycles. The number of hydrogen-bond donors (Lipinski definition) is 1. The van der Waals surface area contributed by atoms with Crippen molar-refractivity contribution < 1.29 is 14.3 Å². The van der Waals surface area contributed by atoms with Crippen molar-refractivity contribution in [1.82, 2.24) is 4.98 Å². The molecule has 0 aliphatic carbocycles.